The molecule has 0 spiro atoms. The Hall–Kier alpha value is -1.95. The Morgan fingerprint density at radius 1 is 1.43 bits per heavy atom. The molecule has 0 aromatic carbocycles. The van der Waals surface area contributed by atoms with E-state index in [4.69, 9.17) is 0 Å². The molecule has 3 rings (SSSR count). The molecule has 2 aromatic heterocycles. The third-order valence-corrected chi connectivity index (χ3v) is 4.77. The van der Waals surface area contributed by atoms with Gasteiger partial charge in [-0.3, -0.25) is 4.79 Å². The van der Waals surface area contributed by atoms with Crippen LogP contribution in [0.2, 0.25) is 0 Å². The number of aromatic nitrogens is 3. The van der Waals surface area contributed by atoms with Crippen LogP contribution >= 0.6 is 0 Å². The van der Waals surface area contributed by atoms with Crippen molar-refractivity contribution in [1.29, 1.82) is 0 Å². The van der Waals surface area contributed by atoms with Gasteiger partial charge in [-0.25, -0.2) is 9.50 Å². The highest BCUT2D eigenvalue weighted by atomic mass is 16.3. The van der Waals surface area contributed by atoms with Gasteiger partial charge in [0, 0.05) is 17.4 Å². The van der Waals surface area contributed by atoms with Crippen molar-refractivity contribution >= 4 is 11.6 Å². The molecule has 0 radical (unpaired) electrons. The smallest absolute Gasteiger partial charge is 0.257 e. The summed E-state index contributed by atoms with van der Waals surface area (Å²) >= 11 is 0. The Bertz CT molecular complexity index is 747. The molecule has 23 heavy (non-hydrogen) atoms. The van der Waals surface area contributed by atoms with Gasteiger partial charge in [0.2, 0.25) is 0 Å². The minimum Gasteiger partial charge on any atom is -0.393 e. The first kappa shape index (κ1) is 15.9. The summed E-state index contributed by atoms with van der Waals surface area (Å²) in [6.07, 6.45) is 2.18. The normalized spacial score (nSPS) is 22.0. The van der Waals surface area contributed by atoms with Gasteiger partial charge in [-0.15, -0.1) is 0 Å². The number of hydrogen-bond acceptors (Lipinski definition) is 4. The van der Waals surface area contributed by atoms with E-state index < -0.39 is 0 Å². The fourth-order valence-electron chi connectivity index (χ4n) is 3.45. The van der Waals surface area contributed by atoms with Gasteiger partial charge < -0.3 is 10.4 Å². The van der Waals surface area contributed by atoms with Crippen molar-refractivity contribution in [2.24, 2.45) is 5.92 Å². The fourth-order valence-corrected chi connectivity index (χ4v) is 3.45. The highest BCUT2D eigenvalue weighted by molar-refractivity contribution is 6.01. The number of aliphatic hydroxyl groups is 1. The van der Waals surface area contributed by atoms with Gasteiger partial charge in [0.25, 0.3) is 5.91 Å². The molecule has 2 N–H and O–H groups in total. The maximum atomic E-state index is 12.8. The number of nitrogens with one attached hydrogen (secondary N) is 1. The first-order valence-corrected chi connectivity index (χ1v) is 8.23. The molecule has 0 aliphatic heterocycles. The molecule has 6 heteroatoms. The van der Waals surface area contributed by atoms with E-state index in [-0.39, 0.29) is 18.1 Å². The van der Waals surface area contributed by atoms with Crippen molar-refractivity contribution in [2.75, 3.05) is 0 Å². The molecule has 1 amide bonds. The van der Waals surface area contributed by atoms with E-state index in [1.807, 2.05) is 26.8 Å². The molecular weight excluding hydrogens is 292 g/mol. The number of nitrogens with zero attached hydrogens (tertiary/aromatic N) is 3. The number of aryl methyl sites for hydroxylation is 3. The second-order valence-electron chi connectivity index (χ2n) is 6.61. The first-order valence-electron chi connectivity index (χ1n) is 8.23. The maximum absolute atomic E-state index is 12.8. The highest BCUT2D eigenvalue weighted by Crippen LogP contribution is 2.31. The van der Waals surface area contributed by atoms with Gasteiger partial charge in [-0.05, 0) is 52.0 Å². The summed E-state index contributed by atoms with van der Waals surface area (Å²) in [7, 11) is 0. The molecule has 1 fully saturated rings. The van der Waals surface area contributed by atoms with E-state index in [1.165, 1.54) is 0 Å². The average molecular weight is 316 g/mol. The molecule has 0 saturated heterocycles. The van der Waals surface area contributed by atoms with E-state index in [9.17, 15) is 9.90 Å². The highest BCUT2D eigenvalue weighted by Gasteiger charge is 2.34. The quantitative estimate of drug-likeness (QED) is 0.903. The molecule has 0 bridgehead atoms. The number of rotatable bonds is 4. The standard InChI is InChI=1S/C17H24N4O2/c1-5-14(12-7-13(22)8-12)19-17(23)15-11(4)20-21-10(3)6-9(2)18-16(15)21/h6,12-14,22H,5,7-8H2,1-4H3,(H,19,23)/t12?,13?,14-/m1/s1. The summed E-state index contributed by atoms with van der Waals surface area (Å²) in [5, 5.41) is 17.1. The van der Waals surface area contributed by atoms with Crippen molar-refractivity contribution in [2.45, 2.75) is 59.1 Å². The summed E-state index contributed by atoms with van der Waals surface area (Å²) < 4.78 is 1.73. The molecule has 6 nitrogen and oxygen atoms in total. The monoisotopic (exact) mass is 316 g/mol. The molecule has 1 saturated carbocycles. The Morgan fingerprint density at radius 3 is 2.74 bits per heavy atom. The van der Waals surface area contributed by atoms with Crippen LogP contribution < -0.4 is 5.32 Å². The van der Waals surface area contributed by atoms with Crippen molar-refractivity contribution in [3.8, 4) is 0 Å². The lowest BCUT2D eigenvalue weighted by Gasteiger charge is -2.37. The van der Waals surface area contributed by atoms with Crippen LogP contribution in [0.4, 0.5) is 0 Å². The number of fused-ring (bicyclic) bond motifs is 1. The number of carbonyl (C=O) groups excluding carboxylic acids is 1. The number of aliphatic hydroxyl groups excluding tert-OH is 1. The van der Waals surface area contributed by atoms with E-state index >= 15 is 0 Å². The van der Waals surface area contributed by atoms with E-state index in [1.54, 1.807) is 4.52 Å². The minimum absolute atomic E-state index is 0.0890. The molecule has 1 aliphatic rings. The largest absolute Gasteiger partial charge is 0.393 e. The van der Waals surface area contributed by atoms with Crippen molar-refractivity contribution in [3.63, 3.8) is 0 Å². The van der Waals surface area contributed by atoms with Crippen LogP contribution in [0.1, 0.15) is 53.6 Å². The minimum atomic E-state index is -0.211. The number of amides is 1. The van der Waals surface area contributed by atoms with Crippen LogP contribution in [0, 0.1) is 26.7 Å². The van der Waals surface area contributed by atoms with Gasteiger partial charge in [0.05, 0.1) is 11.8 Å². The summed E-state index contributed by atoms with van der Waals surface area (Å²) in [5.74, 6) is 0.237. The van der Waals surface area contributed by atoms with E-state index in [0.717, 1.165) is 30.7 Å². The van der Waals surface area contributed by atoms with Crippen LogP contribution in [0.15, 0.2) is 6.07 Å². The second kappa shape index (κ2) is 5.92. The Balaban J connectivity index is 1.90. The van der Waals surface area contributed by atoms with Gasteiger partial charge in [0.1, 0.15) is 5.56 Å². The zero-order chi connectivity index (χ0) is 16.7. The van der Waals surface area contributed by atoms with Crippen LogP contribution in [0.3, 0.4) is 0 Å². The molecule has 1 aliphatic carbocycles. The summed E-state index contributed by atoms with van der Waals surface area (Å²) in [5.41, 5.74) is 3.69. The molecule has 2 aromatic rings. The Morgan fingerprint density at radius 2 is 2.13 bits per heavy atom. The Kier molecular flexibility index (Phi) is 4.10. The lowest BCUT2D eigenvalue weighted by molar-refractivity contribution is 0.0232. The molecule has 2 heterocycles. The topological polar surface area (TPSA) is 79.5 Å². The number of carbonyl (C=O) groups is 1. The molecule has 1 atom stereocenters. The third-order valence-electron chi connectivity index (χ3n) is 4.77. The second-order valence-corrected chi connectivity index (χ2v) is 6.61. The lowest BCUT2D eigenvalue weighted by Crippen LogP contribution is -2.46. The fraction of sp³-hybridized carbons (Fsp3) is 0.588. The zero-order valence-corrected chi connectivity index (χ0v) is 14.1. The first-order chi connectivity index (χ1) is 10.9. The van der Waals surface area contributed by atoms with Crippen molar-refractivity contribution < 1.29 is 9.90 Å². The van der Waals surface area contributed by atoms with Crippen LogP contribution in [0.25, 0.3) is 5.65 Å². The average Bonchev–Trinajstić information content (AvgIpc) is 2.78. The lowest BCUT2D eigenvalue weighted by atomic mass is 9.76. The van der Waals surface area contributed by atoms with Crippen LogP contribution in [-0.4, -0.2) is 37.8 Å². The SMILES string of the molecule is CC[C@@H](NC(=O)c1c(C)nn2c(C)cc(C)nc12)C1CC(O)C1. The van der Waals surface area contributed by atoms with E-state index in [0.29, 0.717) is 22.8 Å². The molecule has 124 valence electrons. The van der Waals surface area contributed by atoms with Gasteiger partial charge in [-0.2, -0.15) is 5.10 Å². The van der Waals surface area contributed by atoms with Crippen LogP contribution in [-0.2, 0) is 0 Å². The van der Waals surface area contributed by atoms with Crippen molar-refractivity contribution in [1.82, 2.24) is 19.9 Å². The summed E-state index contributed by atoms with van der Waals surface area (Å²) in [6.45, 7) is 7.78. The van der Waals surface area contributed by atoms with Gasteiger partial charge >= 0.3 is 0 Å². The summed E-state index contributed by atoms with van der Waals surface area (Å²) in [4.78, 5) is 17.3. The number of hydrogen-bond donors (Lipinski definition) is 2. The van der Waals surface area contributed by atoms with E-state index in [2.05, 4.69) is 22.3 Å². The van der Waals surface area contributed by atoms with Crippen LogP contribution in [0.5, 0.6) is 0 Å². The molecular formula is C17H24N4O2. The van der Waals surface area contributed by atoms with Gasteiger partial charge in [0.15, 0.2) is 5.65 Å². The zero-order valence-electron chi connectivity index (χ0n) is 14.1. The van der Waals surface area contributed by atoms with Gasteiger partial charge in [-0.1, -0.05) is 6.92 Å². The molecule has 0 unspecified atom stereocenters. The van der Waals surface area contributed by atoms with Crippen molar-refractivity contribution in [3.05, 3.63) is 28.7 Å². The maximum Gasteiger partial charge on any atom is 0.257 e. The Labute approximate surface area is 135 Å². The predicted molar refractivity (Wildman–Crippen MR) is 87.5 cm³/mol. The summed E-state index contributed by atoms with van der Waals surface area (Å²) in [6, 6.07) is 2.04. The third kappa shape index (κ3) is 2.83. The predicted octanol–water partition coefficient (Wildman–Crippen LogP) is 1.93.